The average molecular weight is 276 g/mol. The van der Waals surface area contributed by atoms with E-state index in [2.05, 4.69) is 45.0 Å². The highest BCUT2D eigenvalue weighted by Gasteiger charge is 2.35. The Kier molecular flexibility index (Phi) is 5.90. The van der Waals surface area contributed by atoms with E-state index >= 15 is 0 Å². The highest BCUT2D eigenvalue weighted by Crippen LogP contribution is 2.34. The maximum atomic E-state index is 5.76. The van der Waals surface area contributed by atoms with Crippen LogP contribution in [-0.2, 0) is 4.74 Å². The van der Waals surface area contributed by atoms with Crippen LogP contribution >= 0.6 is 0 Å². The van der Waals surface area contributed by atoms with E-state index in [9.17, 15) is 0 Å². The van der Waals surface area contributed by atoms with Crippen molar-refractivity contribution in [2.24, 2.45) is 0 Å². The van der Waals surface area contributed by atoms with Crippen molar-refractivity contribution in [2.45, 2.75) is 71.0 Å². The Morgan fingerprint density at radius 3 is 2.40 bits per heavy atom. The first kappa shape index (κ1) is 15.4. The molecule has 0 amide bonds. The van der Waals surface area contributed by atoms with Gasteiger partial charge in [0.25, 0.3) is 0 Å². The third kappa shape index (κ3) is 4.52. The summed E-state index contributed by atoms with van der Waals surface area (Å²) in [7, 11) is 0. The number of hydrogen-bond donors (Lipinski definition) is 0. The van der Waals surface area contributed by atoms with Gasteiger partial charge in [-0.25, -0.2) is 0 Å². The summed E-state index contributed by atoms with van der Waals surface area (Å²) >= 11 is 0. The van der Waals surface area contributed by atoms with Crippen molar-refractivity contribution in [3.63, 3.8) is 0 Å². The van der Waals surface area contributed by atoms with E-state index in [0.29, 0.717) is 18.1 Å². The highest BCUT2D eigenvalue weighted by molar-refractivity contribution is 5.29. The van der Waals surface area contributed by atoms with Crippen LogP contribution in [0.1, 0.15) is 64.4 Å². The van der Waals surface area contributed by atoms with Gasteiger partial charge in [0.15, 0.2) is 0 Å². The first-order chi connectivity index (χ1) is 9.74. The minimum atomic E-state index is 0.463. The van der Waals surface area contributed by atoms with Crippen molar-refractivity contribution < 1.29 is 9.47 Å². The van der Waals surface area contributed by atoms with Crippen molar-refractivity contribution >= 4 is 0 Å². The Morgan fingerprint density at radius 1 is 1.15 bits per heavy atom. The van der Waals surface area contributed by atoms with E-state index in [0.717, 1.165) is 25.2 Å². The first-order valence-electron chi connectivity index (χ1n) is 8.12. The average Bonchev–Trinajstić information content (AvgIpc) is 3.17. The van der Waals surface area contributed by atoms with Gasteiger partial charge in [-0.3, -0.25) is 0 Å². The maximum Gasteiger partial charge on any atom is 0.119 e. The maximum absolute atomic E-state index is 5.76. The summed E-state index contributed by atoms with van der Waals surface area (Å²) in [6, 6.07) is 8.66. The van der Waals surface area contributed by atoms with E-state index in [-0.39, 0.29) is 0 Å². The summed E-state index contributed by atoms with van der Waals surface area (Å²) in [4.78, 5) is 0. The smallest absolute Gasteiger partial charge is 0.119 e. The van der Waals surface area contributed by atoms with Gasteiger partial charge in [0.1, 0.15) is 5.75 Å². The number of ether oxygens (including phenoxy) is 2. The fraction of sp³-hybridized carbons (Fsp3) is 0.667. The van der Waals surface area contributed by atoms with Gasteiger partial charge in [-0.05, 0) is 49.8 Å². The van der Waals surface area contributed by atoms with E-state index in [1.54, 1.807) is 0 Å². The van der Waals surface area contributed by atoms with Crippen LogP contribution in [0.25, 0.3) is 0 Å². The summed E-state index contributed by atoms with van der Waals surface area (Å²) in [5.74, 6) is 1.61. The molecule has 1 aromatic carbocycles. The molecule has 3 unspecified atom stereocenters. The fourth-order valence-corrected chi connectivity index (χ4v) is 2.67. The van der Waals surface area contributed by atoms with Crippen LogP contribution in [0.5, 0.6) is 5.75 Å². The molecular formula is C18H28O2. The SMILES string of the molecule is CCCCCOc1ccc(C(CC)CC2OC2C)cc1. The van der Waals surface area contributed by atoms with Gasteiger partial charge in [-0.15, -0.1) is 0 Å². The molecule has 1 aromatic rings. The zero-order valence-electron chi connectivity index (χ0n) is 13.1. The molecule has 1 saturated heterocycles. The minimum absolute atomic E-state index is 0.463. The minimum Gasteiger partial charge on any atom is -0.494 e. The lowest BCUT2D eigenvalue weighted by Crippen LogP contribution is -2.03. The molecule has 0 N–H and O–H groups in total. The molecular weight excluding hydrogens is 248 g/mol. The number of hydrogen-bond acceptors (Lipinski definition) is 2. The van der Waals surface area contributed by atoms with Gasteiger partial charge in [-0.2, -0.15) is 0 Å². The molecule has 0 aliphatic carbocycles. The van der Waals surface area contributed by atoms with Crippen molar-refractivity contribution in [1.29, 1.82) is 0 Å². The number of rotatable bonds is 9. The Balaban J connectivity index is 1.82. The van der Waals surface area contributed by atoms with Crippen molar-refractivity contribution in [3.8, 4) is 5.75 Å². The molecule has 1 fully saturated rings. The van der Waals surface area contributed by atoms with Gasteiger partial charge in [0.05, 0.1) is 18.8 Å². The Bertz CT molecular complexity index is 385. The van der Waals surface area contributed by atoms with Gasteiger partial charge >= 0.3 is 0 Å². The molecule has 1 aliphatic rings. The van der Waals surface area contributed by atoms with Crippen LogP contribution in [0.3, 0.4) is 0 Å². The molecule has 3 atom stereocenters. The van der Waals surface area contributed by atoms with Crippen LogP contribution < -0.4 is 4.74 Å². The summed E-state index contributed by atoms with van der Waals surface area (Å²) < 4.78 is 11.3. The van der Waals surface area contributed by atoms with Gasteiger partial charge in [0.2, 0.25) is 0 Å². The second kappa shape index (κ2) is 7.68. The predicted octanol–water partition coefficient (Wildman–Crippen LogP) is 4.93. The summed E-state index contributed by atoms with van der Waals surface area (Å²) in [6.07, 6.45) is 6.89. The van der Waals surface area contributed by atoms with E-state index in [1.165, 1.54) is 24.8 Å². The number of unbranched alkanes of at least 4 members (excludes halogenated alkanes) is 2. The molecule has 2 nitrogen and oxygen atoms in total. The molecule has 1 heterocycles. The Labute approximate surface area is 123 Å². The van der Waals surface area contributed by atoms with Gasteiger partial charge < -0.3 is 9.47 Å². The van der Waals surface area contributed by atoms with Crippen LogP contribution in [0.4, 0.5) is 0 Å². The van der Waals surface area contributed by atoms with Crippen LogP contribution in [0.2, 0.25) is 0 Å². The molecule has 112 valence electrons. The molecule has 1 aliphatic heterocycles. The molecule has 0 bridgehead atoms. The summed E-state index contributed by atoms with van der Waals surface area (Å²) in [5.41, 5.74) is 1.41. The zero-order chi connectivity index (χ0) is 14.4. The third-order valence-corrected chi connectivity index (χ3v) is 4.21. The van der Waals surface area contributed by atoms with Crippen LogP contribution in [-0.4, -0.2) is 18.8 Å². The van der Waals surface area contributed by atoms with Gasteiger partial charge in [0, 0.05) is 0 Å². The Hall–Kier alpha value is -1.02. The quantitative estimate of drug-likeness (QED) is 0.471. The van der Waals surface area contributed by atoms with Crippen LogP contribution in [0.15, 0.2) is 24.3 Å². The molecule has 0 aromatic heterocycles. The van der Waals surface area contributed by atoms with Gasteiger partial charge in [-0.1, -0.05) is 38.8 Å². The molecule has 0 spiro atoms. The summed E-state index contributed by atoms with van der Waals surface area (Å²) in [6.45, 7) is 7.46. The second-order valence-electron chi connectivity index (χ2n) is 5.85. The topological polar surface area (TPSA) is 21.8 Å². The van der Waals surface area contributed by atoms with E-state index in [4.69, 9.17) is 9.47 Å². The molecule has 0 saturated carbocycles. The number of epoxide rings is 1. The standard InChI is InChI=1S/C18H28O2/c1-4-6-7-12-19-17-10-8-16(9-11-17)15(5-2)13-18-14(3)20-18/h8-11,14-15,18H,4-7,12-13H2,1-3H3. The normalized spacial score (nSPS) is 22.6. The first-order valence-corrected chi connectivity index (χ1v) is 8.12. The molecule has 2 heteroatoms. The largest absolute Gasteiger partial charge is 0.494 e. The molecule has 20 heavy (non-hydrogen) atoms. The lowest BCUT2D eigenvalue weighted by Gasteiger charge is -2.15. The van der Waals surface area contributed by atoms with Crippen molar-refractivity contribution in [3.05, 3.63) is 29.8 Å². The molecule has 2 rings (SSSR count). The summed E-state index contributed by atoms with van der Waals surface area (Å²) in [5, 5.41) is 0. The van der Waals surface area contributed by atoms with Crippen molar-refractivity contribution in [2.75, 3.05) is 6.61 Å². The molecule has 0 radical (unpaired) electrons. The zero-order valence-corrected chi connectivity index (χ0v) is 13.1. The van der Waals surface area contributed by atoms with E-state index < -0.39 is 0 Å². The third-order valence-electron chi connectivity index (χ3n) is 4.21. The Morgan fingerprint density at radius 2 is 1.85 bits per heavy atom. The fourth-order valence-electron chi connectivity index (χ4n) is 2.67. The lowest BCUT2D eigenvalue weighted by atomic mass is 9.91. The van der Waals surface area contributed by atoms with Crippen molar-refractivity contribution in [1.82, 2.24) is 0 Å². The monoisotopic (exact) mass is 276 g/mol. The van der Waals surface area contributed by atoms with Crippen LogP contribution in [0, 0.1) is 0 Å². The number of benzene rings is 1. The highest BCUT2D eigenvalue weighted by atomic mass is 16.6. The lowest BCUT2D eigenvalue weighted by molar-refractivity contribution is 0.306. The predicted molar refractivity (Wildman–Crippen MR) is 83.4 cm³/mol. The second-order valence-corrected chi connectivity index (χ2v) is 5.85. The van der Waals surface area contributed by atoms with E-state index in [1.807, 2.05) is 0 Å².